The van der Waals surface area contributed by atoms with Crippen molar-refractivity contribution >= 4 is 12.6 Å². The summed E-state index contributed by atoms with van der Waals surface area (Å²) in [6.07, 6.45) is 1.88. The lowest BCUT2D eigenvalue weighted by molar-refractivity contribution is 0.561. The van der Waals surface area contributed by atoms with E-state index in [-0.39, 0.29) is 4.75 Å². The van der Waals surface area contributed by atoms with Crippen molar-refractivity contribution in [3.05, 3.63) is 0 Å². The van der Waals surface area contributed by atoms with Gasteiger partial charge in [0.1, 0.15) is 0 Å². The van der Waals surface area contributed by atoms with Gasteiger partial charge in [0.25, 0.3) is 0 Å². The van der Waals surface area contributed by atoms with Crippen molar-refractivity contribution in [2.75, 3.05) is 13.1 Å². The van der Waals surface area contributed by atoms with Gasteiger partial charge >= 0.3 is 0 Å². The molecule has 0 aliphatic carbocycles. The molecule has 0 atom stereocenters. The monoisotopic (exact) mass is 148 g/mol. The van der Waals surface area contributed by atoms with Gasteiger partial charge in [-0.2, -0.15) is 12.6 Å². The molecule has 9 heavy (non-hydrogen) atoms. The van der Waals surface area contributed by atoms with Crippen molar-refractivity contribution in [1.29, 1.82) is 0 Å². The first-order chi connectivity index (χ1) is 4.12. The first kappa shape index (κ1) is 9.27. The van der Waals surface area contributed by atoms with Gasteiger partial charge in [0.05, 0.1) is 0 Å². The van der Waals surface area contributed by atoms with E-state index in [9.17, 15) is 0 Å². The van der Waals surface area contributed by atoms with Crippen LogP contribution in [0.2, 0.25) is 0 Å². The minimum absolute atomic E-state index is 0.0451. The molecule has 0 saturated heterocycles. The van der Waals surface area contributed by atoms with Crippen LogP contribution in [-0.4, -0.2) is 17.8 Å². The fourth-order valence-electron chi connectivity index (χ4n) is 0.747. The van der Waals surface area contributed by atoms with Crippen molar-refractivity contribution < 1.29 is 0 Å². The van der Waals surface area contributed by atoms with Crippen molar-refractivity contribution in [3.8, 4) is 0 Å². The van der Waals surface area contributed by atoms with Crippen LogP contribution < -0.4 is 11.5 Å². The minimum Gasteiger partial charge on any atom is -0.330 e. The van der Waals surface area contributed by atoms with Gasteiger partial charge in [0.15, 0.2) is 0 Å². The molecule has 56 valence electrons. The SMILES string of the molecule is CC(S)(CCN)CCN. The predicted octanol–water partition coefficient (Wildman–Crippen LogP) is 0.372. The molecular formula is C6H16N2S. The van der Waals surface area contributed by atoms with Crippen molar-refractivity contribution in [3.63, 3.8) is 0 Å². The van der Waals surface area contributed by atoms with E-state index in [1.165, 1.54) is 0 Å². The van der Waals surface area contributed by atoms with Crippen molar-refractivity contribution in [1.82, 2.24) is 0 Å². The molecule has 0 saturated carbocycles. The van der Waals surface area contributed by atoms with Gasteiger partial charge in [-0.25, -0.2) is 0 Å². The van der Waals surface area contributed by atoms with E-state index in [1.54, 1.807) is 0 Å². The normalized spacial score (nSPS) is 12.0. The molecule has 0 bridgehead atoms. The number of hydrogen-bond donors (Lipinski definition) is 3. The molecule has 0 aromatic rings. The summed E-state index contributed by atoms with van der Waals surface area (Å²) in [5.41, 5.74) is 10.7. The summed E-state index contributed by atoms with van der Waals surface area (Å²) >= 11 is 4.39. The first-order valence-corrected chi connectivity index (χ1v) is 3.69. The summed E-state index contributed by atoms with van der Waals surface area (Å²) in [5.74, 6) is 0. The maximum absolute atomic E-state index is 5.36. The van der Waals surface area contributed by atoms with Crippen LogP contribution in [0.4, 0.5) is 0 Å². The van der Waals surface area contributed by atoms with E-state index in [0.29, 0.717) is 13.1 Å². The average Bonchev–Trinajstić information content (AvgIpc) is 1.64. The van der Waals surface area contributed by atoms with E-state index in [1.807, 2.05) is 0 Å². The van der Waals surface area contributed by atoms with Crippen molar-refractivity contribution in [2.45, 2.75) is 24.5 Å². The van der Waals surface area contributed by atoms with Crippen LogP contribution in [0.25, 0.3) is 0 Å². The molecule has 0 aromatic carbocycles. The highest BCUT2D eigenvalue weighted by atomic mass is 32.1. The molecule has 0 spiro atoms. The van der Waals surface area contributed by atoms with Gasteiger partial charge in [-0.3, -0.25) is 0 Å². The zero-order valence-corrected chi connectivity index (χ0v) is 6.82. The maximum atomic E-state index is 5.36. The maximum Gasteiger partial charge on any atom is 0.0125 e. The zero-order chi connectivity index (χ0) is 7.33. The third-order valence-corrected chi connectivity index (χ3v) is 1.81. The van der Waals surface area contributed by atoms with Crippen LogP contribution in [0.5, 0.6) is 0 Å². The molecule has 0 fully saturated rings. The fraction of sp³-hybridized carbons (Fsp3) is 1.00. The van der Waals surface area contributed by atoms with Gasteiger partial charge in [0, 0.05) is 4.75 Å². The Labute approximate surface area is 62.4 Å². The highest BCUT2D eigenvalue weighted by Gasteiger charge is 2.15. The number of nitrogens with two attached hydrogens (primary N) is 2. The van der Waals surface area contributed by atoms with E-state index >= 15 is 0 Å². The largest absolute Gasteiger partial charge is 0.330 e. The Morgan fingerprint density at radius 3 is 1.78 bits per heavy atom. The molecule has 0 aromatic heterocycles. The Hall–Kier alpha value is 0.270. The Balaban J connectivity index is 3.43. The van der Waals surface area contributed by atoms with Crippen LogP contribution in [0.3, 0.4) is 0 Å². The summed E-state index contributed by atoms with van der Waals surface area (Å²) in [5, 5.41) is 0. The second-order valence-corrected chi connectivity index (χ2v) is 3.65. The number of thiol groups is 1. The van der Waals surface area contributed by atoms with E-state index in [0.717, 1.165) is 12.8 Å². The summed E-state index contributed by atoms with van der Waals surface area (Å²) in [6.45, 7) is 3.45. The van der Waals surface area contributed by atoms with Gasteiger partial charge < -0.3 is 11.5 Å². The van der Waals surface area contributed by atoms with Gasteiger partial charge in [0.2, 0.25) is 0 Å². The Morgan fingerprint density at radius 2 is 1.56 bits per heavy atom. The summed E-state index contributed by atoms with van der Waals surface area (Å²) < 4.78 is 0.0451. The van der Waals surface area contributed by atoms with Gasteiger partial charge in [-0.1, -0.05) is 6.92 Å². The highest BCUT2D eigenvalue weighted by molar-refractivity contribution is 7.81. The molecule has 4 N–H and O–H groups in total. The molecule has 2 nitrogen and oxygen atoms in total. The topological polar surface area (TPSA) is 52.0 Å². The van der Waals surface area contributed by atoms with Gasteiger partial charge in [-0.15, -0.1) is 0 Å². The molecule has 0 radical (unpaired) electrons. The Bertz CT molecular complexity index is 65.5. The fourth-order valence-corrected chi connectivity index (χ4v) is 1.01. The lowest BCUT2D eigenvalue weighted by Crippen LogP contribution is -2.24. The molecular weight excluding hydrogens is 132 g/mol. The summed E-state index contributed by atoms with van der Waals surface area (Å²) in [4.78, 5) is 0. The van der Waals surface area contributed by atoms with E-state index in [2.05, 4.69) is 19.6 Å². The predicted molar refractivity (Wildman–Crippen MR) is 44.7 cm³/mol. The van der Waals surface area contributed by atoms with Crippen LogP contribution in [0, 0.1) is 0 Å². The number of rotatable bonds is 4. The molecule has 0 amide bonds. The highest BCUT2D eigenvalue weighted by Crippen LogP contribution is 2.20. The lowest BCUT2D eigenvalue weighted by atomic mass is 10.0. The Morgan fingerprint density at radius 1 is 1.22 bits per heavy atom. The third-order valence-electron chi connectivity index (χ3n) is 1.37. The first-order valence-electron chi connectivity index (χ1n) is 3.25. The standard InChI is InChI=1S/C6H16N2S/c1-6(9,2-4-7)3-5-8/h9H,2-5,7-8H2,1H3. The number of hydrogen-bond acceptors (Lipinski definition) is 3. The molecule has 0 aliphatic rings. The second-order valence-electron chi connectivity index (χ2n) is 2.57. The summed E-state index contributed by atoms with van der Waals surface area (Å²) in [6, 6.07) is 0. The lowest BCUT2D eigenvalue weighted by Gasteiger charge is -2.21. The molecule has 0 heterocycles. The zero-order valence-electron chi connectivity index (χ0n) is 5.93. The average molecular weight is 148 g/mol. The van der Waals surface area contributed by atoms with Crippen molar-refractivity contribution in [2.24, 2.45) is 11.5 Å². The smallest absolute Gasteiger partial charge is 0.0125 e. The van der Waals surface area contributed by atoms with Crippen LogP contribution in [0.15, 0.2) is 0 Å². The van der Waals surface area contributed by atoms with E-state index in [4.69, 9.17) is 11.5 Å². The molecule has 0 unspecified atom stereocenters. The van der Waals surface area contributed by atoms with Crippen LogP contribution >= 0.6 is 12.6 Å². The quantitative estimate of drug-likeness (QED) is 0.505. The minimum atomic E-state index is 0.0451. The second kappa shape index (κ2) is 4.14. The van der Waals surface area contributed by atoms with E-state index < -0.39 is 0 Å². The van der Waals surface area contributed by atoms with Gasteiger partial charge in [-0.05, 0) is 25.9 Å². The molecule has 3 heteroatoms. The Kier molecular flexibility index (Phi) is 4.27. The van der Waals surface area contributed by atoms with Crippen LogP contribution in [0.1, 0.15) is 19.8 Å². The summed E-state index contributed by atoms with van der Waals surface area (Å²) in [7, 11) is 0. The van der Waals surface area contributed by atoms with Crippen LogP contribution in [-0.2, 0) is 0 Å². The molecule has 0 rings (SSSR count). The third kappa shape index (κ3) is 4.75. The molecule has 0 aliphatic heterocycles.